The van der Waals surface area contributed by atoms with Crippen LogP contribution in [0, 0.1) is 5.82 Å². The molecule has 1 fully saturated rings. The second-order valence-electron chi connectivity index (χ2n) is 5.34. The van der Waals surface area contributed by atoms with Crippen LogP contribution in [0.15, 0.2) is 23.1 Å². The summed E-state index contributed by atoms with van der Waals surface area (Å²) < 4.78 is 78.6. The van der Waals surface area contributed by atoms with E-state index < -0.39 is 38.5 Å². The van der Waals surface area contributed by atoms with Crippen LogP contribution in [0.3, 0.4) is 0 Å². The molecule has 1 aliphatic rings. The van der Waals surface area contributed by atoms with Gasteiger partial charge in [-0.1, -0.05) is 0 Å². The van der Waals surface area contributed by atoms with Crippen LogP contribution < -0.4 is 10.0 Å². The van der Waals surface area contributed by atoms with E-state index in [0.29, 0.717) is 31.5 Å². The number of rotatable bonds is 3. The van der Waals surface area contributed by atoms with Crippen molar-refractivity contribution in [1.29, 1.82) is 0 Å². The fourth-order valence-electron chi connectivity index (χ4n) is 2.48. The zero-order valence-corrected chi connectivity index (χ0v) is 12.6. The summed E-state index contributed by atoms with van der Waals surface area (Å²) in [6, 6.07) is 1.16. The molecule has 2 unspecified atom stereocenters. The van der Waals surface area contributed by atoms with Gasteiger partial charge in [0, 0.05) is 12.1 Å². The number of halogens is 4. The molecule has 1 aromatic rings. The molecule has 2 atom stereocenters. The third-order valence-electron chi connectivity index (χ3n) is 3.48. The normalized spacial score (nSPS) is 23.5. The SMILES string of the molecule is CC1CC(NS(=O)(=O)c2ccc(F)cc2C(F)(F)F)CCN1. The Kier molecular flexibility index (Phi) is 4.78. The smallest absolute Gasteiger partial charge is 0.314 e. The van der Waals surface area contributed by atoms with Gasteiger partial charge < -0.3 is 5.32 Å². The van der Waals surface area contributed by atoms with E-state index in [9.17, 15) is 26.0 Å². The monoisotopic (exact) mass is 340 g/mol. The average Bonchev–Trinajstić information content (AvgIpc) is 2.36. The molecule has 1 aromatic carbocycles. The standard InChI is InChI=1S/C13H16F4N2O2S/c1-8-6-10(4-5-18-8)19-22(20,21)12-3-2-9(14)7-11(12)13(15,16)17/h2-3,7-8,10,18-19H,4-6H2,1H3. The van der Waals surface area contributed by atoms with Crippen LogP contribution in [0.4, 0.5) is 17.6 Å². The first-order valence-electron chi connectivity index (χ1n) is 6.72. The van der Waals surface area contributed by atoms with Gasteiger partial charge in [-0.15, -0.1) is 0 Å². The van der Waals surface area contributed by atoms with Crippen molar-refractivity contribution in [2.75, 3.05) is 6.54 Å². The predicted molar refractivity (Wildman–Crippen MR) is 72.2 cm³/mol. The summed E-state index contributed by atoms with van der Waals surface area (Å²) in [5.41, 5.74) is -1.50. The molecular weight excluding hydrogens is 324 g/mol. The van der Waals surface area contributed by atoms with Gasteiger partial charge in [-0.05, 0) is 44.5 Å². The van der Waals surface area contributed by atoms with E-state index in [1.165, 1.54) is 0 Å². The largest absolute Gasteiger partial charge is 0.417 e. The van der Waals surface area contributed by atoms with Gasteiger partial charge in [0.15, 0.2) is 0 Å². The summed E-state index contributed by atoms with van der Waals surface area (Å²) in [6.45, 7) is 2.43. The molecule has 22 heavy (non-hydrogen) atoms. The summed E-state index contributed by atoms with van der Waals surface area (Å²) in [6.07, 6.45) is -4.00. The second-order valence-corrected chi connectivity index (χ2v) is 7.02. The lowest BCUT2D eigenvalue weighted by atomic mass is 10.0. The molecule has 124 valence electrons. The van der Waals surface area contributed by atoms with Gasteiger partial charge in [0.2, 0.25) is 10.0 Å². The molecule has 0 saturated carbocycles. The van der Waals surface area contributed by atoms with E-state index in [2.05, 4.69) is 10.0 Å². The Balaban J connectivity index is 2.33. The molecule has 2 rings (SSSR count). The van der Waals surface area contributed by atoms with Crippen LogP contribution in [-0.2, 0) is 16.2 Å². The van der Waals surface area contributed by atoms with Crippen molar-refractivity contribution in [2.45, 2.75) is 42.9 Å². The van der Waals surface area contributed by atoms with E-state index in [4.69, 9.17) is 0 Å². The lowest BCUT2D eigenvalue weighted by molar-refractivity contribution is -0.140. The number of hydrogen-bond donors (Lipinski definition) is 2. The lowest BCUT2D eigenvalue weighted by Gasteiger charge is -2.28. The van der Waals surface area contributed by atoms with Crippen molar-refractivity contribution in [2.24, 2.45) is 0 Å². The highest BCUT2D eigenvalue weighted by Crippen LogP contribution is 2.34. The van der Waals surface area contributed by atoms with Crippen LogP contribution in [0.2, 0.25) is 0 Å². The van der Waals surface area contributed by atoms with Crippen LogP contribution >= 0.6 is 0 Å². The van der Waals surface area contributed by atoms with E-state index in [0.717, 1.165) is 0 Å². The highest BCUT2D eigenvalue weighted by Gasteiger charge is 2.38. The molecule has 1 aliphatic heterocycles. The molecule has 0 spiro atoms. The molecule has 0 radical (unpaired) electrons. The third-order valence-corrected chi connectivity index (χ3v) is 5.06. The third kappa shape index (κ3) is 3.96. The van der Waals surface area contributed by atoms with Crippen molar-refractivity contribution in [1.82, 2.24) is 10.0 Å². The van der Waals surface area contributed by atoms with E-state index in [1.807, 2.05) is 6.92 Å². The fourth-order valence-corrected chi connectivity index (χ4v) is 3.97. The first-order valence-corrected chi connectivity index (χ1v) is 8.20. The Morgan fingerprint density at radius 2 is 2.00 bits per heavy atom. The minimum Gasteiger partial charge on any atom is -0.314 e. The summed E-state index contributed by atoms with van der Waals surface area (Å²) in [4.78, 5) is -0.951. The predicted octanol–water partition coefficient (Wildman–Crippen LogP) is 2.26. The Bertz CT molecular complexity index is 646. The fraction of sp³-hybridized carbons (Fsp3) is 0.538. The van der Waals surface area contributed by atoms with Crippen molar-refractivity contribution < 1.29 is 26.0 Å². The van der Waals surface area contributed by atoms with E-state index >= 15 is 0 Å². The highest BCUT2D eigenvalue weighted by atomic mass is 32.2. The Labute approximate surface area is 126 Å². The molecule has 1 heterocycles. The van der Waals surface area contributed by atoms with Gasteiger partial charge in [0.1, 0.15) is 5.82 Å². The average molecular weight is 340 g/mol. The molecule has 4 nitrogen and oxygen atoms in total. The number of alkyl halides is 3. The Morgan fingerprint density at radius 3 is 2.59 bits per heavy atom. The first kappa shape index (κ1) is 17.2. The minimum atomic E-state index is -4.95. The molecule has 0 amide bonds. The van der Waals surface area contributed by atoms with E-state index in [-0.39, 0.29) is 12.1 Å². The van der Waals surface area contributed by atoms with Gasteiger partial charge in [-0.3, -0.25) is 0 Å². The molecular formula is C13H16F4N2O2S. The van der Waals surface area contributed by atoms with Gasteiger partial charge in [0.05, 0.1) is 10.5 Å². The summed E-state index contributed by atoms with van der Waals surface area (Å²) >= 11 is 0. The topological polar surface area (TPSA) is 58.2 Å². The second kappa shape index (κ2) is 6.13. The zero-order chi connectivity index (χ0) is 16.5. The minimum absolute atomic E-state index is 0.0664. The molecule has 1 saturated heterocycles. The summed E-state index contributed by atoms with van der Waals surface area (Å²) in [7, 11) is -4.38. The van der Waals surface area contributed by atoms with Crippen LogP contribution in [0.1, 0.15) is 25.3 Å². The maximum Gasteiger partial charge on any atom is 0.417 e. The number of nitrogens with one attached hydrogen (secondary N) is 2. The lowest BCUT2D eigenvalue weighted by Crippen LogP contribution is -2.46. The summed E-state index contributed by atoms with van der Waals surface area (Å²) in [5, 5.41) is 3.12. The quantitative estimate of drug-likeness (QED) is 0.830. The molecule has 9 heteroatoms. The van der Waals surface area contributed by atoms with Gasteiger partial charge in [-0.25, -0.2) is 17.5 Å². The Morgan fingerprint density at radius 1 is 1.32 bits per heavy atom. The van der Waals surface area contributed by atoms with Crippen molar-refractivity contribution >= 4 is 10.0 Å². The molecule has 0 bridgehead atoms. The maximum atomic E-state index is 13.1. The maximum absolute atomic E-state index is 13.1. The molecule has 0 aliphatic carbocycles. The van der Waals surface area contributed by atoms with Crippen molar-refractivity contribution in [3.05, 3.63) is 29.6 Å². The summed E-state index contributed by atoms with van der Waals surface area (Å²) in [5.74, 6) is -1.14. The zero-order valence-electron chi connectivity index (χ0n) is 11.7. The number of hydrogen-bond acceptors (Lipinski definition) is 3. The van der Waals surface area contributed by atoms with Gasteiger partial charge in [0.25, 0.3) is 0 Å². The van der Waals surface area contributed by atoms with Crippen LogP contribution in [0.25, 0.3) is 0 Å². The number of sulfonamides is 1. The van der Waals surface area contributed by atoms with Gasteiger partial charge >= 0.3 is 6.18 Å². The van der Waals surface area contributed by atoms with Crippen molar-refractivity contribution in [3.8, 4) is 0 Å². The van der Waals surface area contributed by atoms with Crippen LogP contribution in [0.5, 0.6) is 0 Å². The molecule has 0 aromatic heterocycles. The first-order chi connectivity index (χ1) is 10.1. The van der Waals surface area contributed by atoms with E-state index in [1.54, 1.807) is 0 Å². The van der Waals surface area contributed by atoms with Crippen LogP contribution in [-0.4, -0.2) is 27.0 Å². The van der Waals surface area contributed by atoms with Crippen molar-refractivity contribution in [3.63, 3.8) is 0 Å². The highest BCUT2D eigenvalue weighted by molar-refractivity contribution is 7.89. The Hall–Kier alpha value is -1.19. The van der Waals surface area contributed by atoms with Gasteiger partial charge in [-0.2, -0.15) is 13.2 Å². The molecule has 2 N–H and O–H groups in total. The number of benzene rings is 1. The number of piperidine rings is 1.